The number of ether oxygens (including phenoxy) is 1. The quantitative estimate of drug-likeness (QED) is 0.610. The Morgan fingerprint density at radius 3 is 2.59 bits per heavy atom. The Balaban J connectivity index is 3.31. The van der Waals surface area contributed by atoms with Crippen molar-refractivity contribution < 1.29 is 9.53 Å². The molecule has 17 heavy (non-hydrogen) atoms. The molecule has 3 nitrogen and oxygen atoms in total. The highest BCUT2D eigenvalue weighted by Crippen LogP contribution is 2.22. The van der Waals surface area contributed by atoms with Crippen LogP contribution in [0.25, 0.3) is 0 Å². The van der Waals surface area contributed by atoms with Gasteiger partial charge in [-0.1, -0.05) is 19.1 Å². The van der Waals surface area contributed by atoms with E-state index in [0.29, 0.717) is 5.56 Å². The normalized spacial score (nSPS) is 9.76. The molecule has 0 saturated heterocycles. The van der Waals surface area contributed by atoms with Crippen LogP contribution in [0.3, 0.4) is 0 Å². The monoisotopic (exact) mass is 251 g/mol. The van der Waals surface area contributed by atoms with Crippen molar-refractivity contribution in [1.82, 2.24) is 0 Å². The van der Waals surface area contributed by atoms with Crippen molar-refractivity contribution in [3.8, 4) is 6.07 Å². The summed E-state index contributed by atoms with van der Waals surface area (Å²) in [6.45, 7) is 1.98. The van der Waals surface area contributed by atoms with E-state index in [1.165, 1.54) is 7.11 Å². The lowest BCUT2D eigenvalue weighted by atomic mass is 9.93. The molecule has 0 radical (unpaired) electrons. The second-order valence-corrected chi connectivity index (χ2v) is 3.86. The van der Waals surface area contributed by atoms with Crippen molar-refractivity contribution in [2.24, 2.45) is 0 Å². The van der Waals surface area contributed by atoms with Crippen LogP contribution in [-0.2, 0) is 28.3 Å². The average Bonchev–Trinajstić information content (AvgIpc) is 2.37. The lowest BCUT2D eigenvalue weighted by molar-refractivity contribution is -0.139. The van der Waals surface area contributed by atoms with Gasteiger partial charge < -0.3 is 4.74 Å². The predicted octanol–water partition coefficient (Wildman–Crippen LogP) is 2.57. The number of esters is 1. The molecule has 1 aromatic carbocycles. The van der Waals surface area contributed by atoms with Crippen molar-refractivity contribution in [3.05, 3.63) is 34.4 Å². The van der Waals surface area contributed by atoms with Crippen molar-refractivity contribution in [2.75, 3.05) is 7.11 Å². The first-order chi connectivity index (χ1) is 8.17. The van der Waals surface area contributed by atoms with Crippen molar-refractivity contribution in [2.45, 2.75) is 25.6 Å². The van der Waals surface area contributed by atoms with Crippen LogP contribution in [0.5, 0.6) is 0 Å². The van der Waals surface area contributed by atoms with Gasteiger partial charge in [0.25, 0.3) is 0 Å². The minimum Gasteiger partial charge on any atom is -0.469 e. The summed E-state index contributed by atoms with van der Waals surface area (Å²) in [5.41, 5.74) is 2.98. The zero-order valence-corrected chi connectivity index (χ0v) is 10.7. The fourth-order valence-corrected chi connectivity index (χ4v) is 1.96. The molecule has 0 unspecified atom stereocenters. The van der Waals surface area contributed by atoms with Crippen LogP contribution < -0.4 is 0 Å². The lowest BCUT2D eigenvalue weighted by Crippen LogP contribution is -2.10. The molecule has 0 aliphatic rings. The van der Waals surface area contributed by atoms with Gasteiger partial charge in [0.05, 0.1) is 25.2 Å². The van der Waals surface area contributed by atoms with Crippen LogP contribution in [0, 0.1) is 11.3 Å². The molecule has 0 N–H and O–H groups in total. The smallest absolute Gasteiger partial charge is 0.310 e. The summed E-state index contributed by atoms with van der Waals surface area (Å²) in [7, 11) is 1.34. The fraction of sp³-hybridized carbons (Fsp3) is 0.385. The molecule has 90 valence electrons. The largest absolute Gasteiger partial charge is 0.469 e. The molecule has 1 aromatic rings. The lowest BCUT2D eigenvalue weighted by Gasteiger charge is -2.11. The number of hydrogen-bond donors (Lipinski definition) is 0. The number of rotatable bonds is 4. The van der Waals surface area contributed by atoms with Gasteiger partial charge in [0.2, 0.25) is 0 Å². The average molecular weight is 252 g/mol. The third kappa shape index (κ3) is 2.98. The number of aryl methyl sites for hydroxylation is 1. The van der Waals surface area contributed by atoms with Gasteiger partial charge in [-0.15, -0.1) is 11.6 Å². The van der Waals surface area contributed by atoms with Gasteiger partial charge >= 0.3 is 5.97 Å². The standard InChI is InChI=1S/C13H14ClNO2/c1-3-9-4-5-10(7-14)12(8-15)11(9)6-13(16)17-2/h4-5H,3,6-7H2,1-2H3. The number of benzene rings is 1. The number of carbonyl (C=O) groups is 1. The maximum atomic E-state index is 11.4. The van der Waals surface area contributed by atoms with Crippen molar-refractivity contribution in [3.63, 3.8) is 0 Å². The SMILES string of the molecule is CCc1ccc(CCl)c(C#N)c1CC(=O)OC. The molecule has 0 aliphatic heterocycles. The maximum Gasteiger partial charge on any atom is 0.310 e. The van der Waals surface area contributed by atoms with E-state index in [4.69, 9.17) is 11.6 Å². The molecule has 0 spiro atoms. The van der Waals surface area contributed by atoms with Gasteiger partial charge in [0.15, 0.2) is 0 Å². The summed E-state index contributed by atoms with van der Waals surface area (Å²) in [6.07, 6.45) is 0.886. The molecule has 0 bridgehead atoms. The molecule has 1 rings (SSSR count). The van der Waals surface area contributed by atoms with Gasteiger partial charge in [-0.2, -0.15) is 5.26 Å². The molecule has 0 aliphatic carbocycles. The summed E-state index contributed by atoms with van der Waals surface area (Å²) >= 11 is 5.78. The number of carbonyl (C=O) groups excluding carboxylic acids is 1. The molecule has 0 amide bonds. The van der Waals surface area contributed by atoms with Crippen LogP contribution in [0.4, 0.5) is 0 Å². The summed E-state index contributed by atoms with van der Waals surface area (Å²) in [6, 6.07) is 5.88. The van der Waals surface area contributed by atoms with E-state index in [1.807, 2.05) is 19.1 Å². The first-order valence-electron chi connectivity index (χ1n) is 5.34. The van der Waals surface area contributed by atoms with E-state index in [2.05, 4.69) is 10.8 Å². The van der Waals surface area contributed by atoms with E-state index in [0.717, 1.165) is 23.1 Å². The van der Waals surface area contributed by atoms with Gasteiger partial charge in [-0.25, -0.2) is 0 Å². The summed E-state index contributed by atoms with van der Waals surface area (Å²) < 4.78 is 4.65. The predicted molar refractivity (Wildman–Crippen MR) is 65.8 cm³/mol. The Morgan fingerprint density at radius 1 is 1.47 bits per heavy atom. The van der Waals surface area contributed by atoms with E-state index in [1.54, 1.807) is 0 Å². The Morgan fingerprint density at radius 2 is 2.12 bits per heavy atom. The second-order valence-electron chi connectivity index (χ2n) is 3.59. The molecule has 0 atom stereocenters. The number of halogens is 1. The molecule has 0 fully saturated rings. The highest BCUT2D eigenvalue weighted by Gasteiger charge is 2.15. The van der Waals surface area contributed by atoms with Crippen LogP contribution in [0.15, 0.2) is 12.1 Å². The van der Waals surface area contributed by atoms with Crippen LogP contribution >= 0.6 is 11.6 Å². The van der Waals surface area contributed by atoms with Gasteiger partial charge in [-0.05, 0) is 23.1 Å². The van der Waals surface area contributed by atoms with E-state index >= 15 is 0 Å². The maximum absolute atomic E-state index is 11.4. The third-order valence-corrected chi connectivity index (χ3v) is 2.97. The van der Waals surface area contributed by atoms with Gasteiger partial charge in [0, 0.05) is 5.88 Å². The Kier molecular flexibility index (Phi) is 4.99. The Bertz CT molecular complexity index is 463. The van der Waals surface area contributed by atoms with Gasteiger partial charge in [-0.3, -0.25) is 4.79 Å². The third-order valence-electron chi connectivity index (χ3n) is 2.68. The van der Waals surface area contributed by atoms with Crippen LogP contribution in [-0.4, -0.2) is 13.1 Å². The summed E-state index contributed by atoms with van der Waals surface area (Å²) in [4.78, 5) is 11.4. The molecular formula is C13H14ClNO2. The Labute approximate surface area is 106 Å². The number of hydrogen-bond acceptors (Lipinski definition) is 3. The summed E-state index contributed by atoms with van der Waals surface area (Å²) in [5.74, 6) is -0.0796. The topological polar surface area (TPSA) is 50.1 Å². The molecule has 4 heteroatoms. The van der Waals surface area contributed by atoms with E-state index in [-0.39, 0.29) is 18.3 Å². The van der Waals surface area contributed by atoms with Crippen molar-refractivity contribution >= 4 is 17.6 Å². The minimum absolute atomic E-state index is 0.118. The fourth-order valence-electron chi connectivity index (χ4n) is 1.74. The zero-order valence-electron chi connectivity index (χ0n) is 9.92. The number of nitrogens with zero attached hydrogens (tertiary/aromatic N) is 1. The second kappa shape index (κ2) is 6.27. The number of alkyl halides is 1. The van der Waals surface area contributed by atoms with E-state index < -0.39 is 0 Å². The molecule has 0 aromatic heterocycles. The van der Waals surface area contributed by atoms with Gasteiger partial charge in [0.1, 0.15) is 0 Å². The first kappa shape index (κ1) is 13.5. The summed E-state index contributed by atoms with van der Waals surface area (Å²) in [5, 5.41) is 9.18. The van der Waals surface area contributed by atoms with Crippen LogP contribution in [0.2, 0.25) is 0 Å². The highest BCUT2D eigenvalue weighted by molar-refractivity contribution is 6.17. The van der Waals surface area contributed by atoms with Crippen LogP contribution in [0.1, 0.15) is 29.2 Å². The number of methoxy groups -OCH3 is 1. The highest BCUT2D eigenvalue weighted by atomic mass is 35.5. The zero-order chi connectivity index (χ0) is 12.8. The molecular weight excluding hydrogens is 238 g/mol. The van der Waals surface area contributed by atoms with E-state index in [9.17, 15) is 10.1 Å². The molecule has 0 saturated carbocycles. The minimum atomic E-state index is -0.345. The number of nitriles is 1. The first-order valence-corrected chi connectivity index (χ1v) is 5.87. The van der Waals surface area contributed by atoms with Crippen molar-refractivity contribution in [1.29, 1.82) is 5.26 Å². The molecule has 0 heterocycles. The Hall–Kier alpha value is -1.53.